The Labute approximate surface area is 83.7 Å². The molecule has 0 saturated carbocycles. The molecular weight excluding hydrogens is 176 g/mol. The van der Waals surface area contributed by atoms with Gasteiger partial charge in [-0.2, -0.15) is 0 Å². The number of H-pyrrole nitrogens is 1. The highest BCUT2D eigenvalue weighted by atomic mass is 15.2. The van der Waals surface area contributed by atoms with Crippen LogP contribution in [-0.2, 0) is 0 Å². The number of nitrogens with zero attached hydrogens (tertiary/aromatic N) is 2. The van der Waals surface area contributed by atoms with Gasteiger partial charge in [-0.1, -0.05) is 5.92 Å². The van der Waals surface area contributed by atoms with Crippen molar-refractivity contribution in [2.45, 2.75) is 0 Å². The van der Waals surface area contributed by atoms with Crippen LogP contribution in [0.3, 0.4) is 0 Å². The third-order valence-corrected chi connectivity index (χ3v) is 2.22. The second-order valence-corrected chi connectivity index (χ2v) is 3.27. The summed E-state index contributed by atoms with van der Waals surface area (Å²) in [6.07, 6.45) is 3.50. The third kappa shape index (κ3) is 2.59. The van der Waals surface area contributed by atoms with Crippen LogP contribution in [0.15, 0.2) is 12.4 Å². The van der Waals surface area contributed by atoms with Crippen LogP contribution < -0.4 is 5.32 Å². The highest BCUT2D eigenvalue weighted by Gasteiger charge is 2.06. The zero-order chi connectivity index (χ0) is 9.64. The molecule has 0 spiro atoms. The molecule has 0 amide bonds. The number of nitrogens with one attached hydrogen (secondary N) is 2. The molecule has 2 N–H and O–H groups in total. The third-order valence-electron chi connectivity index (χ3n) is 2.22. The second kappa shape index (κ2) is 4.80. The zero-order valence-electron chi connectivity index (χ0n) is 8.08. The maximum atomic E-state index is 4.04. The summed E-state index contributed by atoms with van der Waals surface area (Å²) >= 11 is 0. The molecule has 0 atom stereocenters. The van der Waals surface area contributed by atoms with Gasteiger partial charge in [-0.15, -0.1) is 0 Å². The minimum Gasteiger partial charge on any atom is -0.338 e. The molecule has 2 rings (SSSR count). The Balaban J connectivity index is 1.80. The number of hydrogen-bond acceptors (Lipinski definition) is 3. The molecule has 1 aliphatic heterocycles. The summed E-state index contributed by atoms with van der Waals surface area (Å²) in [5.41, 5.74) is 0. The van der Waals surface area contributed by atoms with Gasteiger partial charge in [0.15, 0.2) is 5.82 Å². The summed E-state index contributed by atoms with van der Waals surface area (Å²) in [6, 6.07) is 0. The van der Waals surface area contributed by atoms with Crippen molar-refractivity contribution in [2.75, 3.05) is 32.7 Å². The smallest absolute Gasteiger partial charge is 0.182 e. The lowest BCUT2D eigenvalue weighted by Gasteiger charge is -2.24. The molecule has 1 fully saturated rings. The summed E-state index contributed by atoms with van der Waals surface area (Å²) in [4.78, 5) is 9.34. The molecule has 0 aromatic carbocycles. The Bertz CT molecular complexity index is 314. The largest absolute Gasteiger partial charge is 0.338 e. The van der Waals surface area contributed by atoms with Crippen LogP contribution >= 0.6 is 0 Å². The summed E-state index contributed by atoms with van der Waals surface area (Å²) < 4.78 is 0. The second-order valence-electron chi connectivity index (χ2n) is 3.27. The van der Waals surface area contributed by atoms with E-state index in [1.807, 2.05) is 0 Å². The van der Waals surface area contributed by atoms with Gasteiger partial charge in [0.25, 0.3) is 0 Å². The Morgan fingerprint density at radius 2 is 2.29 bits per heavy atom. The number of aromatic amines is 1. The maximum Gasteiger partial charge on any atom is 0.182 e. The van der Waals surface area contributed by atoms with Gasteiger partial charge in [-0.05, 0) is 5.92 Å². The van der Waals surface area contributed by atoms with Gasteiger partial charge < -0.3 is 10.3 Å². The molecule has 74 valence electrons. The SMILES string of the molecule is C(#Cc1ncc[nH]1)CN1CCNCC1. The Kier molecular flexibility index (Phi) is 3.17. The lowest BCUT2D eigenvalue weighted by molar-refractivity contribution is 0.268. The van der Waals surface area contributed by atoms with E-state index in [0.717, 1.165) is 38.5 Å². The van der Waals surface area contributed by atoms with E-state index in [4.69, 9.17) is 0 Å². The van der Waals surface area contributed by atoms with Crippen LogP contribution in [0.5, 0.6) is 0 Å². The van der Waals surface area contributed by atoms with Crippen molar-refractivity contribution in [2.24, 2.45) is 0 Å². The Morgan fingerprint density at radius 3 is 3.00 bits per heavy atom. The molecular formula is C10H14N4. The first kappa shape index (κ1) is 9.25. The van der Waals surface area contributed by atoms with Gasteiger partial charge in [0.2, 0.25) is 0 Å². The van der Waals surface area contributed by atoms with E-state index in [-0.39, 0.29) is 0 Å². The molecule has 14 heavy (non-hydrogen) atoms. The van der Waals surface area contributed by atoms with Crippen molar-refractivity contribution in [1.29, 1.82) is 0 Å². The van der Waals surface area contributed by atoms with Crippen LogP contribution in [0, 0.1) is 11.8 Å². The predicted molar refractivity (Wildman–Crippen MR) is 54.8 cm³/mol. The first-order chi connectivity index (χ1) is 6.95. The number of imidazole rings is 1. The fraction of sp³-hybridized carbons (Fsp3) is 0.500. The standard InChI is InChI=1S/C10H14N4/c1(2-10-12-3-4-13-10)7-14-8-5-11-6-9-14/h3-4,11H,5-9H2,(H,12,13). The summed E-state index contributed by atoms with van der Waals surface area (Å²) in [5.74, 6) is 6.86. The molecule has 1 aromatic rings. The minimum absolute atomic E-state index is 0.750. The topological polar surface area (TPSA) is 44.0 Å². The van der Waals surface area contributed by atoms with E-state index in [1.165, 1.54) is 0 Å². The zero-order valence-corrected chi connectivity index (χ0v) is 8.08. The first-order valence-electron chi connectivity index (χ1n) is 4.86. The number of aromatic nitrogens is 2. The summed E-state index contributed by atoms with van der Waals surface area (Å²) in [6.45, 7) is 5.16. The van der Waals surface area contributed by atoms with E-state index >= 15 is 0 Å². The molecule has 0 radical (unpaired) electrons. The number of piperazine rings is 1. The van der Waals surface area contributed by atoms with Crippen molar-refractivity contribution in [1.82, 2.24) is 20.2 Å². The van der Waals surface area contributed by atoms with Crippen molar-refractivity contribution < 1.29 is 0 Å². The van der Waals surface area contributed by atoms with Crippen LogP contribution in [0.4, 0.5) is 0 Å². The average molecular weight is 190 g/mol. The van der Waals surface area contributed by atoms with E-state index in [9.17, 15) is 0 Å². The van der Waals surface area contributed by atoms with Crippen LogP contribution in [0.1, 0.15) is 5.82 Å². The molecule has 0 aliphatic carbocycles. The molecule has 1 saturated heterocycles. The van der Waals surface area contributed by atoms with Crippen LogP contribution in [0.2, 0.25) is 0 Å². The van der Waals surface area contributed by atoms with E-state index in [1.54, 1.807) is 12.4 Å². The molecule has 1 aliphatic rings. The molecule has 2 heterocycles. The molecule has 0 unspecified atom stereocenters. The normalized spacial score (nSPS) is 17.4. The monoisotopic (exact) mass is 190 g/mol. The fourth-order valence-electron chi connectivity index (χ4n) is 1.44. The van der Waals surface area contributed by atoms with E-state index < -0.39 is 0 Å². The summed E-state index contributed by atoms with van der Waals surface area (Å²) in [5, 5.41) is 3.31. The number of rotatable bonds is 1. The quantitative estimate of drug-likeness (QED) is 0.596. The Hall–Kier alpha value is -1.31. The van der Waals surface area contributed by atoms with Crippen molar-refractivity contribution >= 4 is 0 Å². The maximum absolute atomic E-state index is 4.04. The van der Waals surface area contributed by atoms with Gasteiger partial charge in [0, 0.05) is 38.6 Å². The van der Waals surface area contributed by atoms with Crippen LogP contribution in [-0.4, -0.2) is 47.6 Å². The van der Waals surface area contributed by atoms with E-state index in [2.05, 4.69) is 32.0 Å². The molecule has 0 bridgehead atoms. The molecule has 4 nitrogen and oxygen atoms in total. The minimum atomic E-state index is 0.750. The lowest BCUT2D eigenvalue weighted by Crippen LogP contribution is -2.43. The van der Waals surface area contributed by atoms with Gasteiger partial charge in [-0.3, -0.25) is 4.90 Å². The molecule has 1 aromatic heterocycles. The van der Waals surface area contributed by atoms with Gasteiger partial charge in [-0.25, -0.2) is 4.98 Å². The fourth-order valence-corrected chi connectivity index (χ4v) is 1.44. The summed E-state index contributed by atoms with van der Waals surface area (Å²) in [7, 11) is 0. The van der Waals surface area contributed by atoms with Crippen molar-refractivity contribution in [3.8, 4) is 11.8 Å². The highest BCUT2D eigenvalue weighted by Crippen LogP contribution is 1.90. The van der Waals surface area contributed by atoms with Crippen molar-refractivity contribution in [3.05, 3.63) is 18.2 Å². The first-order valence-corrected chi connectivity index (χ1v) is 4.86. The van der Waals surface area contributed by atoms with Crippen molar-refractivity contribution in [3.63, 3.8) is 0 Å². The van der Waals surface area contributed by atoms with Gasteiger partial charge >= 0.3 is 0 Å². The molecule has 4 heteroatoms. The average Bonchev–Trinajstić information content (AvgIpc) is 2.72. The van der Waals surface area contributed by atoms with Gasteiger partial charge in [0.1, 0.15) is 0 Å². The highest BCUT2D eigenvalue weighted by molar-refractivity contribution is 5.20. The Morgan fingerprint density at radius 1 is 1.43 bits per heavy atom. The number of hydrogen-bond donors (Lipinski definition) is 2. The predicted octanol–water partition coefficient (Wildman–Crippen LogP) is -0.334. The van der Waals surface area contributed by atoms with Crippen LogP contribution in [0.25, 0.3) is 0 Å². The van der Waals surface area contributed by atoms with Gasteiger partial charge in [0.05, 0.1) is 6.54 Å². The van der Waals surface area contributed by atoms with E-state index in [0.29, 0.717) is 0 Å². The lowest BCUT2D eigenvalue weighted by atomic mass is 10.3.